The van der Waals surface area contributed by atoms with Crippen LogP contribution in [0.3, 0.4) is 0 Å². The standard InChI is InChI=1S/C16H14Cl2N2O3/c1-10(12-4-2-3-5-13(12)17)20-15(21)9-23-16(22)11-6-7-14(18)19-8-11/h2-8,10H,9H2,1H3,(H,20,21)/t10-/m0/s1. The molecule has 0 aliphatic heterocycles. The van der Waals surface area contributed by atoms with Gasteiger partial charge in [-0.2, -0.15) is 0 Å². The van der Waals surface area contributed by atoms with E-state index in [0.29, 0.717) is 5.02 Å². The summed E-state index contributed by atoms with van der Waals surface area (Å²) in [6.07, 6.45) is 1.29. The minimum atomic E-state index is -0.644. The third kappa shape index (κ3) is 4.94. The van der Waals surface area contributed by atoms with Crippen molar-refractivity contribution < 1.29 is 14.3 Å². The monoisotopic (exact) mass is 352 g/mol. The number of amides is 1. The molecule has 0 saturated heterocycles. The molecule has 0 unspecified atom stereocenters. The van der Waals surface area contributed by atoms with E-state index in [-0.39, 0.29) is 16.8 Å². The number of rotatable bonds is 5. The number of carbonyl (C=O) groups is 2. The number of ether oxygens (including phenoxy) is 1. The minimum Gasteiger partial charge on any atom is -0.452 e. The molecule has 0 fully saturated rings. The van der Waals surface area contributed by atoms with Gasteiger partial charge in [0, 0.05) is 11.2 Å². The lowest BCUT2D eigenvalue weighted by atomic mass is 10.1. The van der Waals surface area contributed by atoms with Gasteiger partial charge in [0.15, 0.2) is 6.61 Å². The smallest absolute Gasteiger partial charge is 0.340 e. The van der Waals surface area contributed by atoms with E-state index in [2.05, 4.69) is 10.3 Å². The Morgan fingerprint density at radius 2 is 1.96 bits per heavy atom. The predicted octanol–water partition coefficient (Wildman–Crippen LogP) is 3.42. The maximum absolute atomic E-state index is 11.9. The van der Waals surface area contributed by atoms with Crippen molar-refractivity contribution in [3.05, 3.63) is 63.9 Å². The van der Waals surface area contributed by atoms with Crippen LogP contribution in [0.4, 0.5) is 0 Å². The van der Waals surface area contributed by atoms with Crippen LogP contribution in [-0.4, -0.2) is 23.5 Å². The summed E-state index contributed by atoms with van der Waals surface area (Å²) >= 11 is 11.7. The lowest BCUT2D eigenvalue weighted by molar-refractivity contribution is -0.124. The van der Waals surface area contributed by atoms with Crippen LogP contribution in [0, 0.1) is 0 Å². The Balaban J connectivity index is 1.86. The number of benzene rings is 1. The van der Waals surface area contributed by atoms with Gasteiger partial charge >= 0.3 is 5.97 Å². The molecule has 2 aromatic rings. The van der Waals surface area contributed by atoms with Gasteiger partial charge in [0.2, 0.25) is 0 Å². The predicted molar refractivity (Wildman–Crippen MR) is 87.5 cm³/mol. The quantitative estimate of drug-likeness (QED) is 0.661. The maximum Gasteiger partial charge on any atom is 0.340 e. The van der Waals surface area contributed by atoms with Crippen molar-refractivity contribution in [1.29, 1.82) is 0 Å². The second-order valence-corrected chi connectivity index (χ2v) is 5.55. The first-order valence-corrected chi connectivity index (χ1v) is 7.55. The molecule has 1 heterocycles. The van der Waals surface area contributed by atoms with Crippen molar-refractivity contribution in [3.8, 4) is 0 Å². The number of hydrogen-bond acceptors (Lipinski definition) is 4. The van der Waals surface area contributed by atoms with Gasteiger partial charge in [-0.25, -0.2) is 9.78 Å². The lowest BCUT2D eigenvalue weighted by Gasteiger charge is -2.15. The fraction of sp³-hybridized carbons (Fsp3) is 0.188. The lowest BCUT2D eigenvalue weighted by Crippen LogP contribution is -2.31. The molecule has 1 atom stereocenters. The summed E-state index contributed by atoms with van der Waals surface area (Å²) < 4.78 is 4.93. The number of pyridine rings is 1. The Labute approximate surface area is 143 Å². The zero-order valence-corrected chi connectivity index (χ0v) is 13.8. The highest BCUT2D eigenvalue weighted by molar-refractivity contribution is 6.31. The molecule has 1 N–H and O–H groups in total. The number of hydrogen-bond donors (Lipinski definition) is 1. The van der Waals surface area contributed by atoms with Crippen molar-refractivity contribution in [2.24, 2.45) is 0 Å². The van der Waals surface area contributed by atoms with Gasteiger partial charge in [0.25, 0.3) is 5.91 Å². The Hall–Kier alpha value is -2.11. The normalized spacial score (nSPS) is 11.6. The average molecular weight is 353 g/mol. The first kappa shape index (κ1) is 17.2. The van der Waals surface area contributed by atoms with E-state index in [1.165, 1.54) is 18.3 Å². The SMILES string of the molecule is C[C@H](NC(=O)COC(=O)c1ccc(Cl)nc1)c1ccccc1Cl. The summed E-state index contributed by atoms with van der Waals surface area (Å²) in [6, 6.07) is 9.85. The molecule has 0 radical (unpaired) electrons. The van der Waals surface area contributed by atoms with Crippen LogP contribution in [-0.2, 0) is 9.53 Å². The molecule has 0 spiro atoms. The number of nitrogens with one attached hydrogen (secondary N) is 1. The van der Waals surface area contributed by atoms with E-state index in [1.54, 1.807) is 13.0 Å². The van der Waals surface area contributed by atoms with Crippen molar-refractivity contribution in [2.75, 3.05) is 6.61 Å². The zero-order chi connectivity index (χ0) is 16.8. The average Bonchev–Trinajstić information content (AvgIpc) is 2.53. The summed E-state index contributed by atoms with van der Waals surface area (Å²) in [5.74, 6) is -1.07. The van der Waals surface area contributed by atoms with Crippen molar-refractivity contribution in [2.45, 2.75) is 13.0 Å². The number of nitrogens with zero attached hydrogens (tertiary/aromatic N) is 1. The van der Waals surface area contributed by atoms with Gasteiger partial charge in [-0.15, -0.1) is 0 Å². The summed E-state index contributed by atoms with van der Waals surface area (Å²) in [6.45, 7) is 1.40. The molecular weight excluding hydrogens is 339 g/mol. The number of halogens is 2. The zero-order valence-electron chi connectivity index (χ0n) is 12.3. The Morgan fingerprint density at radius 1 is 1.22 bits per heavy atom. The summed E-state index contributed by atoms with van der Waals surface area (Å²) in [4.78, 5) is 27.4. The molecular formula is C16H14Cl2N2O3. The van der Waals surface area contributed by atoms with Gasteiger partial charge in [0.1, 0.15) is 5.15 Å². The van der Waals surface area contributed by atoms with Crippen LogP contribution < -0.4 is 5.32 Å². The maximum atomic E-state index is 11.9. The van der Waals surface area contributed by atoms with E-state index in [1.807, 2.05) is 18.2 Å². The van der Waals surface area contributed by atoms with E-state index < -0.39 is 18.5 Å². The van der Waals surface area contributed by atoms with E-state index in [9.17, 15) is 9.59 Å². The van der Waals surface area contributed by atoms with E-state index in [0.717, 1.165) is 5.56 Å². The fourth-order valence-corrected chi connectivity index (χ4v) is 2.31. The van der Waals surface area contributed by atoms with Gasteiger partial charge in [0.05, 0.1) is 11.6 Å². The Bertz CT molecular complexity index is 705. The highest BCUT2D eigenvalue weighted by atomic mass is 35.5. The molecule has 2 rings (SSSR count). The summed E-state index contributed by atoms with van der Waals surface area (Å²) in [7, 11) is 0. The third-order valence-electron chi connectivity index (χ3n) is 3.05. The van der Waals surface area contributed by atoms with Crippen LogP contribution in [0.2, 0.25) is 10.2 Å². The first-order valence-electron chi connectivity index (χ1n) is 6.80. The molecule has 7 heteroatoms. The second-order valence-electron chi connectivity index (χ2n) is 4.76. The molecule has 5 nitrogen and oxygen atoms in total. The molecule has 1 aromatic heterocycles. The minimum absolute atomic E-state index is 0.223. The molecule has 1 aromatic carbocycles. The number of carbonyl (C=O) groups excluding carboxylic acids is 2. The van der Waals surface area contributed by atoms with Crippen molar-refractivity contribution in [3.63, 3.8) is 0 Å². The van der Waals surface area contributed by atoms with E-state index >= 15 is 0 Å². The molecule has 0 saturated carbocycles. The molecule has 0 bridgehead atoms. The number of aromatic nitrogens is 1. The second kappa shape index (κ2) is 7.94. The molecule has 23 heavy (non-hydrogen) atoms. The largest absolute Gasteiger partial charge is 0.452 e. The molecule has 120 valence electrons. The molecule has 0 aliphatic carbocycles. The van der Waals surface area contributed by atoms with Gasteiger partial charge in [-0.3, -0.25) is 4.79 Å². The van der Waals surface area contributed by atoms with E-state index in [4.69, 9.17) is 27.9 Å². The third-order valence-corrected chi connectivity index (χ3v) is 3.61. The van der Waals surface area contributed by atoms with Crippen molar-refractivity contribution in [1.82, 2.24) is 10.3 Å². The summed E-state index contributed by atoms with van der Waals surface area (Å²) in [5.41, 5.74) is 1.01. The fourth-order valence-electron chi connectivity index (χ4n) is 1.90. The topological polar surface area (TPSA) is 68.3 Å². The van der Waals surface area contributed by atoms with Crippen LogP contribution in [0.5, 0.6) is 0 Å². The van der Waals surface area contributed by atoms with Crippen LogP contribution in [0.25, 0.3) is 0 Å². The van der Waals surface area contributed by atoms with Gasteiger partial charge < -0.3 is 10.1 Å². The van der Waals surface area contributed by atoms with Gasteiger partial charge in [-0.05, 0) is 30.7 Å². The van der Waals surface area contributed by atoms with Crippen molar-refractivity contribution >= 4 is 35.1 Å². The van der Waals surface area contributed by atoms with Gasteiger partial charge in [-0.1, -0.05) is 41.4 Å². The first-order chi connectivity index (χ1) is 11.0. The van der Waals surface area contributed by atoms with Crippen LogP contribution in [0.15, 0.2) is 42.6 Å². The summed E-state index contributed by atoms with van der Waals surface area (Å²) in [5, 5.41) is 3.55. The molecule has 1 amide bonds. The highest BCUT2D eigenvalue weighted by Gasteiger charge is 2.14. The number of esters is 1. The Kier molecular flexibility index (Phi) is 5.96. The molecule has 0 aliphatic rings. The van der Waals surface area contributed by atoms with Crippen LogP contribution in [0.1, 0.15) is 28.9 Å². The Morgan fingerprint density at radius 3 is 2.61 bits per heavy atom. The van der Waals surface area contributed by atoms with Crippen LogP contribution >= 0.6 is 23.2 Å². The highest BCUT2D eigenvalue weighted by Crippen LogP contribution is 2.21.